The predicted octanol–water partition coefficient (Wildman–Crippen LogP) is 3.51. The zero-order valence-electron chi connectivity index (χ0n) is 13.7. The molecule has 0 saturated carbocycles. The van der Waals surface area contributed by atoms with Crippen molar-refractivity contribution < 1.29 is 14.3 Å². The average molecular weight is 303 g/mol. The molecule has 1 atom stereocenters. The molecule has 1 amide bonds. The van der Waals surface area contributed by atoms with E-state index in [0.717, 1.165) is 12.0 Å². The van der Waals surface area contributed by atoms with E-state index in [1.807, 2.05) is 39.0 Å². The summed E-state index contributed by atoms with van der Waals surface area (Å²) >= 11 is 0. The van der Waals surface area contributed by atoms with Crippen LogP contribution in [0.2, 0.25) is 0 Å². The van der Waals surface area contributed by atoms with Gasteiger partial charge in [-0.2, -0.15) is 0 Å². The van der Waals surface area contributed by atoms with Crippen LogP contribution in [-0.4, -0.2) is 42.4 Å². The van der Waals surface area contributed by atoms with Gasteiger partial charge in [-0.1, -0.05) is 36.9 Å². The van der Waals surface area contributed by atoms with E-state index in [4.69, 9.17) is 9.47 Å². The maximum Gasteiger partial charge on any atom is 0.410 e. The highest BCUT2D eigenvalue weighted by Gasteiger charge is 2.28. The van der Waals surface area contributed by atoms with Gasteiger partial charge in [-0.05, 0) is 31.9 Å². The summed E-state index contributed by atoms with van der Waals surface area (Å²) < 4.78 is 11.2. The van der Waals surface area contributed by atoms with E-state index in [1.54, 1.807) is 4.90 Å². The van der Waals surface area contributed by atoms with Gasteiger partial charge in [0.15, 0.2) is 0 Å². The van der Waals surface area contributed by atoms with Crippen molar-refractivity contribution in [1.29, 1.82) is 0 Å². The summed E-state index contributed by atoms with van der Waals surface area (Å²) in [7, 11) is 0. The van der Waals surface area contributed by atoms with Crippen LogP contribution in [0.25, 0.3) is 6.08 Å². The number of benzene rings is 1. The Balaban J connectivity index is 1.95. The molecular formula is C18H25NO3. The van der Waals surface area contributed by atoms with Crippen LogP contribution in [0.3, 0.4) is 0 Å². The summed E-state index contributed by atoms with van der Waals surface area (Å²) in [5, 5.41) is 0. The Bertz CT molecular complexity index is 533. The number of hydrogen-bond donors (Lipinski definition) is 0. The molecule has 1 heterocycles. The van der Waals surface area contributed by atoms with Gasteiger partial charge in [0.25, 0.3) is 0 Å². The highest BCUT2D eigenvalue weighted by molar-refractivity contribution is 5.68. The highest BCUT2D eigenvalue weighted by atomic mass is 16.6. The van der Waals surface area contributed by atoms with E-state index in [9.17, 15) is 4.79 Å². The zero-order valence-corrected chi connectivity index (χ0v) is 13.7. The second kappa shape index (κ2) is 6.97. The highest BCUT2D eigenvalue weighted by Crippen LogP contribution is 2.16. The summed E-state index contributed by atoms with van der Waals surface area (Å²) in [4.78, 5) is 13.9. The first-order valence-corrected chi connectivity index (χ1v) is 7.68. The summed E-state index contributed by atoms with van der Waals surface area (Å²) in [6.45, 7) is 11.1. The van der Waals surface area contributed by atoms with Crippen molar-refractivity contribution in [2.24, 2.45) is 0 Å². The van der Waals surface area contributed by atoms with Crippen LogP contribution in [0.5, 0.6) is 0 Å². The lowest BCUT2D eigenvalue weighted by Gasteiger charge is -2.34. The van der Waals surface area contributed by atoms with Crippen LogP contribution in [-0.2, 0) is 15.9 Å². The Kier molecular flexibility index (Phi) is 5.24. The molecule has 0 aromatic heterocycles. The lowest BCUT2D eigenvalue weighted by molar-refractivity contribution is -0.0415. The number of amides is 1. The van der Waals surface area contributed by atoms with Gasteiger partial charge in [-0.25, -0.2) is 4.79 Å². The van der Waals surface area contributed by atoms with Crippen LogP contribution in [0.4, 0.5) is 4.79 Å². The largest absolute Gasteiger partial charge is 0.444 e. The molecular weight excluding hydrogens is 278 g/mol. The van der Waals surface area contributed by atoms with Gasteiger partial charge in [-0.3, -0.25) is 0 Å². The molecule has 120 valence electrons. The first-order valence-electron chi connectivity index (χ1n) is 7.68. The van der Waals surface area contributed by atoms with Crippen LogP contribution in [0.1, 0.15) is 31.9 Å². The summed E-state index contributed by atoms with van der Waals surface area (Å²) in [6.07, 6.45) is 2.35. The zero-order chi connectivity index (χ0) is 16.2. The lowest BCUT2D eigenvalue weighted by Crippen LogP contribution is -2.48. The SMILES string of the molecule is C=Cc1cccc(C[C@@H]2CN(C(=O)OC(C)(C)C)CCO2)c1. The topological polar surface area (TPSA) is 38.8 Å². The van der Waals surface area contributed by atoms with Gasteiger partial charge >= 0.3 is 6.09 Å². The molecule has 0 spiro atoms. The van der Waals surface area contributed by atoms with Crippen molar-refractivity contribution in [2.75, 3.05) is 19.7 Å². The third kappa shape index (κ3) is 4.88. The van der Waals surface area contributed by atoms with Crippen LogP contribution in [0.15, 0.2) is 30.8 Å². The Hall–Kier alpha value is -1.81. The Morgan fingerprint density at radius 3 is 2.95 bits per heavy atom. The number of carbonyl (C=O) groups excluding carboxylic acids is 1. The van der Waals surface area contributed by atoms with E-state index >= 15 is 0 Å². The van der Waals surface area contributed by atoms with Crippen LogP contribution < -0.4 is 0 Å². The Morgan fingerprint density at radius 2 is 2.27 bits per heavy atom. The number of rotatable bonds is 3. The first kappa shape index (κ1) is 16.6. The molecule has 2 rings (SSSR count). The second-order valence-electron chi connectivity index (χ2n) is 6.57. The van der Waals surface area contributed by atoms with Crippen molar-refractivity contribution in [3.8, 4) is 0 Å². The van der Waals surface area contributed by atoms with Gasteiger partial charge in [0, 0.05) is 13.0 Å². The fourth-order valence-electron chi connectivity index (χ4n) is 2.45. The molecule has 0 bridgehead atoms. The van der Waals surface area contributed by atoms with Gasteiger partial charge in [-0.15, -0.1) is 0 Å². The minimum absolute atomic E-state index is 0.00123. The summed E-state index contributed by atoms with van der Waals surface area (Å²) in [6, 6.07) is 8.21. The molecule has 0 aliphatic carbocycles. The van der Waals surface area contributed by atoms with Gasteiger partial charge < -0.3 is 14.4 Å². The molecule has 1 aromatic carbocycles. The molecule has 1 fully saturated rings. The maximum atomic E-state index is 12.1. The van der Waals surface area contributed by atoms with Crippen molar-refractivity contribution >= 4 is 12.2 Å². The van der Waals surface area contributed by atoms with Crippen LogP contribution >= 0.6 is 0 Å². The molecule has 0 N–H and O–H groups in total. The van der Waals surface area contributed by atoms with Gasteiger partial charge in [0.1, 0.15) is 5.60 Å². The fourth-order valence-corrected chi connectivity index (χ4v) is 2.45. The van der Waals surface area contributed by atoms with Crippen molar-refractivity contribution in [1.82, 2.24) is 4.90 Å². The fraction of sp³-hybridized carbons (Fsp3) is 0.500. The molecule has 4 nitrogen and oxygen atoms in total. The number of morpholine rings is 1. The van der Waals surface area contributed by atoms with Crippen LogP contribution in [0, 0.1) is 0 Å². The molecule has 1 aromatic rings. The molecule has 1 aliphatic rings. The normalized spacial score (nSPS) is 18.9. The maximum absolute atomic E-state index is 12.1. The molecule has 1 aliphatic heterocycles. The Morgan fingerprint density at radius 1 is 1.50 bits per heavy atom. The number of ether oxygens (including phenoxy) is 2. The van der Waals surface area contributed by atoms with Gasteiger partial charge in [0.2, 0.25) is 0 Å². The van der Waals surface area contributed by atoms with E-state index in [1.165, 1.54) is 5.56 Å². The van der Waals surface area contributed by atoms with E-state index in [2.05, 4.69) is 18.7 Å². The number of nitrogens with zero attached hydrogens (tertiary/aromatic N) is 1. The summed E-state index contributed by atoms with van der Waals surface area (Å²) in [5.41, 5.74) is 1.81. The quantitative estimate of drug-likeness (QED) is 0.857. The molecule has 4 heteroatoms. The first-order chi connectivity index (χ1) is 10.4. The van der Waals surface area contributed by atoms with E-state index in [-0.39, 0.29) is 12.2 Å². The Labute approximate surface area is 132 Å². The monoisotopic (exact) mass is 303 g/mol. The summed E-state index contributed by atoms with van der Waals surface area (Å²) in [5.74, 6) is 0. The predicted molar refractivity (Wildman–Crippen MR) is 87.8 cm³/mol. The third-order valence-corrected chi connectivity index (χ3v) is 3.44. The standard InChI is InChI=1S/C18H25NO3/c1-5-14-7-6-8-15(11-14)12-16-13-19(9-10-21-16)17(20)22-18(2,3)4/h5-8,11,16H,1,9-10,12-13H2,2-4H3/t16-/m1/s1. The van der Waals surface area contributed by atoms with Crippen molar-refractivity contribution in [3.63, 3.8) is 0 Å². The third-order valence-electron chi connectivity index (χ3n) is 3.44. The van der Waals surface area contributed by atoms with Crippen molar-refractivity contribution in [3.05, 3.63) is 42.0 Å². The van der Waals surface area contributed by atoms with Gasteiger partial charge in [0.05, 0.1) is 19.3 Å². The van der Waals surface area contributed by atoms with E-state index in [0.29, 0.717) is 19.7 Å². The minimum atomic E-state index is -0.469. The average Bonchev–Trinajstić information content (AvgIpc) is 2.46. The molecule has 0 radical (unpaired) electrons. The van der Waals surface area contributed by atoms with E-state index < -0.39 is 5.60 Å². The molecule has 22 heavy (non-hydrogen) atoms. The number of hydrogen-bond acceptors (Lipinski definition) is 3. The lowest BCUT2D eigenvalue weighted by atomic mass is 10.0. The number of carbonyl (C=O) groups is 1. The second-order valence-corrected chi connectivity index (χ2v) is 6.57. The minimum Gasteiger partial charge on any atom is -0.444 e. The smallest absolute Gasteiger partial charge is 0.410 e. The molecule has 0 unspecified atom stereocenters. The van der Waals surface area contributed by atoms with Crippen molar-refractivity contribution in [2.45, 2.75) is 38.9 Å². The molecule has 1 saturated heterocycles.